The van der Waals surface area contributed by atoms with E-state index >= 15 is 0 Å². The van der Waals surface area contributed by atoms with Gasteiger partial charge in [0.1, 0.15) is 11.9 Å². The lowest BCUT2D eigenvalue weighted by molar-refractivity contribution is -0.384. The lowest BCUT2D eigenvalue weighted by Gasteiger charge is -2.18. The summed E-state index contributed by atoms with van der Waals surface area (Å²) < 4.78 is 5.81. The SMILES string of the molecule is CCCC(Oc1ccc([N+](=O)[O-])cc1)c1ccc[nH]c1=O. The summed E-state index contributed by atoms with van der Waals surface area (Å²) in [5.41, 5.74) is 0.377. The molecule has 0 amide bonds. The molecule has 1 heterocycles. The number of nitrogens with zero attached hydrogens (tertiary/aromatic N) is 1. The summed E-state index contributed by atoms with van der Waals surface area (Å²) in [6.45, 7) is 2.00. The largest absolute Gasteiger partial charge is 0.486 e. The lowest BCUT2D eigenvalue weighted by atomic mass is 10.1. The zero-order valence-corrected chi connectivity index (χ0v) is 11.6. The molecule has 1 aromatic heterocycles. The van der Waals surface area contributed by atoms with Crippen molar-refractivity contribution in [2.75, 3.05) is 0 Å². The minimum absolute atomic E-state index is 0.00644. The van der Waals surface area contributed by atoms with Gasteiger partial charge < -0.3 is 9.72 Å². The van der Waals surface area contributed by atoms with Crippen LogP contribution < -0.4 is 10.3 Å². The van der Waals surface area contributed by atoms with Crippen molar-refractivity contribution in [1.29, 1.82) is 0 Å². The number of H-pyrrole nitrogens is 1. The number of pyridine rings is 1. The van der Waals surface area contributed by atoms with E-state index in [1.54, 1.807) is 18.3 Å². The molecule has 2 aromatic rings. The summed E-state index contributed by atoms with van der Waals surface area (Å²) in [7, 11) is 0. The fourth-order valence-corrected chi connectivity index (χ4v) is 2.04. The van der Waals surface area contributed by atoms with Gasteiger partial charge in [-0.2, -0.15) is 0 Å². The van der Waals surface area contributed by atoms with Crippen molar-refractivity contribution in [3.05, 3.63) is 68.6 Å². The van der Waals surface area contributed by atoms with E-state index in [0.717, 1.165) is 6.42 Å². The fourth-order valence-electron chi connectivity index (χ4n) is 2.04. The normalized spacial score (nSPS) is 11.9. The third-order valence-electron chi connectivity index (χ3n) is 3.07. The fraction of sp³-hybridized carbons (Fsp3) is 0.267. The van der Waals surface area contributed by atoms with Crippen LogP contribution in [0.1, 0.15) is 31.4 Å². The zero-order valence-electron chi connectivity index (χ0n) is 11.6. The second-order valence-corrected chi connectivity index (χ2v) is 4.60. The predicted molar refractivity (Wildman–Crippen MR) is 78.4 cm³/mol. The molecule has 6 nitrogen and oxygen atoms in total. The van der Waals surface area contributed by atoms with Gasteiger partial charge in [-0.25, -0.2) is 0 Å². The van der Waals surface area contributed by atoms with E-state index in [2.05, 4.69) is 4.98 Å². The predicted octanol–water partition coefficient (Wildman–Crippen LogP) is 3.20. The molecule has 0 aliphatic heterocycles. The molecular formula is C15H16N2O4. The second kappa shape index (κ2) is 6.69. The minimum Gasteiger partial charge on any atom is -0.486 e. The average molecular weight is 288 g/mol. The molecule has 0 radical (unpaired) electrons. The first-order chi connectivity index (χ1) is 10.1. The Balaban J connectivity index is 2.22. The van der Waals surface area contributed by atoms with Crippen LogP contribution in [0.25, 0.3) is 0 Å². The Morgan fingerprint density at radius 2 is 2.00 bits per heavy atom. The van der Waals surface area contributed by atoms with Crippen LogP contribution >= 0.6 is 0 Å². The third-order valence-corrected chi connectivity index (χ3v) is 3.07. The van der Waals surface area contributed by atoms with E-state index in [-0.39, 0.29) is 17.4 Å². The molecule has 21 heavy (non-hydrogen) atoms. The van der Waals surface area contributed by atoms with E-state index in [1.807, 2.05) is 6.92 Å². The number of hydrogen-bond donors (Lipinski definition) is 1. The Morgan fingerprint density at radius 1 is 1.29 bits per heavy atom. The van der Waals surface area contributed by atoms with Gasteiger partial charge in [-0.15, -0.1) is 0 Å². The van der Waals surface area contributed by atoms with Crippen LogP contribution in [-0.4, -0.2) is 9.91 Å². The highest BCUT2D eigenvalue weighted by atomic mass is 16.6. The first-order valence-electron chi connectivity index (χ1n) is 6.70. The molecule has 0 saturated carbocycles. The molecule has 0 aliphatic rings. The Labute approximate surface area is 121 Å². The van der Waals surface area contributed by atoms with Crippen LogP contribution in [0.3, 0.4) is 0 Å². The van der Waals surface area contributed by atoms with Crippen molar-refractivity contribution in [2.45, 2.75) is 25.9 Å². The maximum absolute atomic E-state index is 11.8. The molecule has 1 N–H and O–H groups in total. The number of ether oxygens (including phenoxy) is 1. The van der Waals surface area contributed by atoms with Gasteiger partial charge in [0.2, 0.25) is 0 Å². The quantitative estimate of drug-likeness (QED) is 0.653. The van der Waals surface area contributed by atoms with E-state index in [4.69, 9.17) is 4.74 Å². The lowest BCUT2D eigenvalue weighted by Crippen LogP contribution is -2.19. The molecule has 2 rings (SSSR count). The van der Waals surface area contributed by atoms with Crippen molar-refractivity contribution < 1.29 is 9.66 Å². The van der Waals surface area contributed by atoms with Gasteiger partial charge in [0.15, 0.2) is 0 Å². The Morgan fingerprint density at radius 3 is 2.57 bits per heavy atom. The van der Waals surface area contributed by atoms with Crippen LogP contribution in [0.15, 0.2) is 47.4 Å². The maximum atomic E-state index is 11.8. The third kappa shape index (κ3) is 3.68. The number of benzene rings is 1. The van der Waals surface area contributed by atoms with Gasteiger partial charge >= 0.3 is 0 Å². The standard InChI is InChI=1S/C15H16N2O4/c1-2-4-14(13-5-3-10-16-15(13)18)21-12-8-6-11(7-9-12)17(19)20/h3,5-10,14H,2,4H2,1H3,(H,16,18). The number of aromatic nitrogens is 1. The summed E-state index contributed by atoms with van der Waals surface area (Å²) >= 11 is 0. The number of nitro benzene ring substituents is 1. The average Bonchev–Trinajstić information content (AvgIpc) is 2.48. The topological polar surface area (TPSA) is 85.2 Å². The van der Waals surface area contributed by atoms with E-state index < -0.39 is 4.92 Å². The first-order valence-corrected chi connectivity index (χ1v) is 6.70. The number of hydrogen-bond acceptors (Lipinski definition) is 4. The van der Waals surface area contributed by atoms with Gasteiger partial charge in [-0.05, 0) is 30.7 Å². The Hall–Kier alpha value is -2.63. The van der Waals surface area contributed by atoms with Crippen molar-refractivity contribution in [3.63, 3.8) is 0 Å². The number of non-ortho nitro benzene ring substituents is 1. The van der Waals surface area contributed by atoms with Gasteiger partial charge in [0.05, 0.1) is 10.5 Å². The molecule has 0 saturated heterocycles. The Kier molecular flexibility index (Phi) is 4.71. The number of rotatable bonds is 6. The van der Waals surface area contributed by atoms with Crippen LogP contribution in [0, 0.1) is 10.1 Å². The van der Waals surface area contributed by atoms with Crippen LogP contribution in [0.2, 0.25) is 0 Å². The van der Waals surface area contributed by atoms with Gasteiger partial charge in [-0.3, -0.25) is 14.9 Å². The summed E-state index contributed by atoms with van der Waals surface area (Å²) in [5.74, 6) is 0.502. The maximum Gasteiger partial charge on any atom is 0.269 e. The number of nitro groups is 1. The van der Waals surface area contributed by atoms with Gasteiger partial charge in [0, 0.05) is 18.3 Å². The van der Waals surface area contributed by atoms with Gasteiger partial charge in [-0.1, -0.05) is 13.3 Å². The molecule has 1 unspecified atom stereocenters. The van der Waals surface area contributed by atoms with Gasteiger partial charge in [0.25, 0.3) is 11.2 Å². The van der Waals surface area contributed by atoms with Crippen LogP contribution in [0.4, 0.5) is 5.69 Å². The highest BCUT2D eigenvalue weighted by molar-refractivity contribution is 5.36. The minimum atomic E-state index is -0.463. The highest BCUT2D eigenvalue weighted by Gasteiger charge is 2.16. The molecule has 1 atom stereocenters. The van der Waals surface area contributed by atoms with Crippen molar-refractivity contribution >= 4 is 5.69 Å². The summed E-state index contributed by atoms with van der Waals surface area (Å²) in [5, 5.41) is 10.6. The molecule has 6 heteroatoms. The molecule has 0 spiro atoms. The van der Waals surface area contributed by atoms with E-state index in [9.17, 15) is 14.9 Å². The molecule has 110 valence electrons. The summed E-state index contributed by atoms with van der Waals surface area (Å²) in [4.78, 5) is 24.6. The highest BCUT2D eigenvalue weighted by Crippen LogP contribution is 2.25. The van der Waals surface area contributed by atoms with Crippen molar-refractivity contribution in [2.24, 2.45) is 0 Å². The summed E-state index contributed by atoms with van der Waals surface area (Å²) in [6, 6.07) is 9.32. The Bertz CT molecular complexity index is 664. The van der Waals surface area contributed by atoms with E-state index in [1.165, 1.54) is 24.3 Å². The molecule has 1 aromatic carbocycles. The zero-order chi connectivity index (χ0) is 15.2. The molecule has 0 fully saturated rings. The van der Waals surface area contributed by atoms with E-state index in [0.29, 0.717) is 17.7 Å². The monoisotopic (exact) mass is 288 g/mol. The second-order valence-electron chi connectivity index (χ2n) is 4.60. The number of aromatic amines is 1. The van der Waals surface area contributed by atoms with Crippen molar-refractivity contribution in [3.8, 4) is 5.75 Å². The molecule has 0 bridgehead atoms. The molecular weight excluding hydrogens is 272 g/mol. The molecule has 0 aliphatic carbocycles. The summed E-state index contributed by atoms with van der Waals surface area (Å²) in [6.07, 6.45) is 2.73. The first kappa shape index (κ1) is 14.8. The smallest absolute Gasteiger partial charge is 0.269 e. The van der Waals surface area contributed by atoms with Crippen LogP contribution in [-0.2, 0) is 0 Å². The van der Waals surface area contributed by atoms with Crippen molar-refractivity contribution in [1.82, 2.24) is 4.98 Å². The van der Waals surface area contributed by atoms with Crippen LogP contribution in [0.5, 0.6) is 5.75 Å². The number of nitrogens with one attached hydrogen (secondary N) is 1.